The largest absolute Gasteiger partial charge is 0.379 e. The summed E-state index contributed by atoms with van der Waals surface area (Å²) in [6, 6.07) is 0. The lowest BCUT2D eigenvalue weighted by atomic mass is 10.3. The van der Waals surface area contributed by atoms with Gasteiger partial charge in [0.2, 0.25) is 0 Å². The number of rotatable bonds is 2. The van der Waals surface area contributed by atoms with Gasteiger partial charge in [0.15, 0.2) is 0 Å². The molecule has 0 amide bonds. The Labute approximate surface area is 89.3 Å². The van der Waals surface area contributed by atoms with Gasteiger partial charge in [0.05, 0.1) is 13.2 Å². The number of morpholine rings is 1. The summed E-state index contributed by atoms with van der Waals surface area (Å²) in [4.78, 5) is 0. The second-order valence-electron chi connectivity index (χ2n) is 3.54. The molecule has 6 nitrogen and oxygen atoms in total. The Morgan fingerprint density at radius 2 is 2.20 bits per heavy atom. The van der Waals surface area contributed by atoms with Crippen LogP contribution in [0.15, 0.2) is 23.7 Å². The molecule has 0 radical (unpaired) electrons. The highest BCUT2D eigenvalue weighted by atomic mass is 16.5. The maximum atomic E-state index is 5.41. The summed E-state index contributed by atoms with van der Waals surface area (Å²) in [6.07, 6.45) is 4.00. The average molecular weight is 211 g/mol. The van der Waals surface area contributed by atoms with Gasteiger partial charge in [-0.15, -0.1) is 0 Å². The van der Waals surface area contributed by atoms with Crippen LogP contribution >= 0.6 is 0 Å². The average Bonchev–Trinajstić information content (AvgIpc) is 2.31. The van der Waals surface area contributed by atoms with Gasteiger partial charge in [-0.1, -0.05) is 0 Å². The van der Waals surface area contributed by atoms with E-state index in [0.717, 1.165) is 37.7 Å². The molecule has 2 aliphatic rings. The minimum Gasteiger partial charge on any atom is -0.379 e. The Morgan fingerprint density at radius 3 is 2.87 bits per heavy atom. The summed E-state index contributed by atoms with van der Waals surface area (Å²) in [7, 11) is 0. The number of nitrogens with one attached hydrogen (secondary N) is 2. The van der Waals surface area contributed by atoms with E-state index in [0.29, 0.717) is 0 Å². The van der Waals surface area contributed by atoms with Gasteiger partial charge < -0.3 is 10.2 Å². The fraction of sp³-hybridized carbons (Fsp3) is 0.556. The fourth-order valence-electron chi connectivity index (χ4n) is 1.59. The monoisotopic (exact) mass is 211 g/mol. The van der Waals surface area contributed by atoms with Crippen molar-refractivity contribution in [1.82, 2.24) is 21.0 Å². The van der Waals surface area contributed by atoms with E-state index in [2.05, 4.69) is 15.9 Å². The molecule has 0 aromatic rings. The van der Waals surface area contributed by atoms with Crippen LogP contribution in [0.4, 0.5) is 0 Å². The Morgan fingerprint density at radius 1 is 1.47 bits per heavy atom. The third-order valence-electron chi connectivity index (χ3n) is 2.52. The summed E-state index contributed by atoms with van der Waals surface area (Å²) in [5, 5.41) is 4.11. The standard InChI is InChI=1S/C9H17N5O/c1-8-2-3-14(12-9(8)11-10)13-4-6-15-7-5-13/h2-3,11-12H,4-7,10H2,1H3. The first-order valence-electron chi connectivity index (χ1n) is 5.05. The zero-order valence-corrected chi connectivity index (χ0v) is 8.86. The van der Waals surface area contributed by atoms with Crippen molar-refractivity contribution in [2.45, 2.75) is 6.92 Å². The van der Waals surface area contributed by atoms with Crippen molar-refractivity contribution in [3.63, 3.8) is 0 Å². The first-order valence-corrected chi connectivity index (χ1v) is 5.05. The third kappa shape index (κ3) is 2.23. The molecule has 0 aliphatic carbocycles. The molecule has 0 bridgehead atoms. The van der Waals surface area contributed by atoms with Crippen molar-refractivity contribution in [1.29, 1.82) is 0 Å². The number of nitrogens with two attached hydrogens (primary N) is 1. The topological polar surface area (TPSA) is 65.8 Å². The molecule has 0 unspecified atom stereocenters. The van der Waals surface area contributed by atoms with E-state index in [9.17, 15) is 0 Å². The van der Waals surface area contributed by atoms with Crippen molar-refractivity contribution in [3.05, 3.63) is 23.7 Å². The second kappa shape index (κ2) is 4.52. The van der Waals surface area contributed by atoms with E-state index in [1.54, 1.807) is 0 Å². The molecule has 2 rings (SSSR count). The third-order valence-corrected chi connectivity index (χ3v) is 2.52. The molecule has 0 atom stereocenters. The summed E-state index contributed by atoms with van der Waals surface area (Å²) in [5.41, 5.74) is 6.91. The van der Waals surface area contributed by atoms with E-state index >= 15 is 0 Å². The summed E-state index contributed by atoms with van der Waals surface area (Å²) in [5.74, 6) is 6.23. The summed E-state index contributed by atoms with van der Waals surface area (Å²) in [6.45, 7) is 5.29. The van der Waals surface area contributed by atoms with Crippen LogP contribution in [-0.4, -0.2) is 36.4 Å². The number of allylic oxidation sites excluding steroid dienone is 2. The first-order chi connectivity index (χ1) is 7.31. The number of ether oxygens (including phenoxy) is 1. The van der Waals surface area contributed by atoms with E-state index in [1.807, 2.05) is 24.3 Å². The van der Waals surface area contributed by atoms with Crippen molar-refractivity contribution >= 4 is 0 Å². The molecule has 0 aromatic heterocycles. The molecule has 6 heteroatoms. The molecule has 4 N–H and O–H groups in total. The molecular weight excluding hydrogens is 194 g/mol. The maximum absolute atomic E-state index is 5.41. The first kappa shape index (κ1) is 10.3. The smallest absolute Gasteiger partial charge is 0.136 e. The molecule has 84 valence electrons. The van der Waals surface area contributed by atoms with Gasteiger partial charge in [-0.3, -0.25) is 5.43 Å². The van der Waals surface area contributed by atoms with Gasteiger partial charge in [0, 0.05) is 19.3 Å². The Kier molecular flexibility index (Phi) is 3.10. The number of hydrazine groups is 3. The molecule has 2 aliphatic heterocycles. The van der Waals surface area contributed by atoms with Crippen molar-refractivity contribution in [2.24, 2.45) is 5.84 Å². The summed E-state index contributed by atoms with van der Waals surface area (Å²) < 4.78 is 5.29. The van der Waals surface area contributed by atoms with Crippen LogP contribution in [0, 0.1) is 0 Å². The minimum atomic E-state index is 0.764. The predicted octanol–water partition coefficient (Wildman–Crippen LogP) is -0.738. The van der Waals surface area contributed by atoms with Crippen LogP contribution in [0.1, 0.15) is 6.92 Å². The molecule has 0 spiro atoms. The number of nitrogens with zero attached hydrogens (tertiary/aromatic N) is 2. The highest BCUT2D eigenvalue weighted by Gasteiger charge is 2.18. The minimum absolute atomic E-state index is 0.764. The van der Waals surface area contributed by atoms with Crippen LogP contribution < -0.4 is 16.7 Å². The van der Waals surface area contributed by atoms with Crippen molar-refractivity contribution in [2.75, 3.05) is 26.3 Å². The molecule has 1 fully saturated rings. The normalized spacial score (nSPS) is 22.9. The lowest BCUT2D eigenvalue weighted by Gasteiger charge is -2.38. The lowest BCUT2D eigenvalue weighted by Crippen LogP contribution is -2.54. The van der Waals surface area contributed by atoms with Gasteiger partial charge in [0.25, 0.3) is 0 Å². The van der Waals surface area contributed by atoms with Gasteiger partial charge in [-0.25, -0.2) is 11.0 Å². The van der Waals surface area contributed by atoms with Crippen molar-refractivity contribution < 1.29 is 4.74 Å². The number of hydrogen-bond acceptors (Lipinski definition) is 6. The van der Waals surface area contributed by atoms with E-state index in [-0.39, 0.29) is 0 Å². The van der Waals surface area contributed by atoms with Gasteiger partial charge in [-0.2, -0.15) is 5.01 Å². The van der Waals surface area contributed by atoms with Crippen LogP contribution in [-0.2, 0) is 4.74 Å². The Bertz CT molecular complexity index is 282. The van der Waals surface area contributed by atoms with Crippen LogP contribution in [0.3, 0.4) is 0 Å². The second-order valence-corrected chi connectivity index (χ2v) is 3.54. The van der Waals surface area contributed by atoms with Crippen LogP contribution in [0.5, 0.6) is 0 Å². The van der Waals surface area contributed by atoms with E-state index in [1.165, 1.54) is 0 Å². The SMILES string of the molecule is CC1=C(NN)NN(N2CCOCC2)C=C1. The Balaban J connectivity index is 1.99. The summed E-state index contributed by atoms with van der Waals surface area (Å²) >= 11 is 0. The molecule has 0 aromatic carbocycles. The predicted molar refractivity (Wildman–Crippen MR) is 56.5 cm³/mol. The zero-order valence-electron chi connectivity index (χ0n) is 8.86. The quantitative estimate of drug-likeness (QED) is 0.413. The molecule has 2 heterocycles. The van der Waals surface area contributed by atoms with Gasteiger partial charge in [-0.05, 0) is 18.6 Å². The van der Waals surface area contributed by atoms with Gasteiger partial charge >= 0.3 is 0 Å². The Hall–Kier alpha value is -1.24. The van der Waals surface area contributed by atoms with E-state index < -0.39 is 0 Å². The lowest BCUT2D eigenvalue weighted by molar-refractivity contribution is -0.0853. The van der Waals surface area contributed by atoms with Gasteiger partial charge in [0.1, 0.15) is 5.82 Å². The highest BCUT2D eigenvalue weighted by molar-refractivity contribution is 5.23. The number of hydrogen-bond donors (Lipinski definition) is 3. The zero-order chi connectivity index (χ0) is 10.7. The fourth-order valence-corrected chi connectivity index (χ4v) is 1.59. The molecule has 0 saturated carbocycles. The molecule has 1 saturated heterocycles. The highest BCUT2D eigenvalue weighted by Crippen LogP contribution is 2.10. The molecule has 15 heavy (non-hydrogen) atoms. The van der Waals surface area contributed by atoms with Crippen LogP contribution in [0.2, 0.25) is 0 Å². The van der Waals surface area contributed by atoms with E-state index in [4.69, 9.17) is 10.6 Å². The van der Waals surface area contributed by atoms with Crippen LogP contribution in [0.25, 0.3) is 0 Å². The maximum Gasteiger partial charge on any atom is 0.136 e. The van der Waals surface area contributed by atoms with Crippen molar-refractivity contribution in [3.8, 4) is 0 Å². The molecular formula is C9H17N5O.